The first-order chi connectivity index (χ1) is 10.3. The van der Waals surface area contributed by atoms with Crippen LogP contribution in [0.4, 0.5) is 0 Å². The van der Waals surface area contributed by atoms with Crippen LogP contribution >= 0.6 is 46.1 Å². The summed E-state index contributed by atoms with van der Waals surface area (Å²) >= 11 is 20.2. The molecule has 6 heteroatoms. The summed E-state index contributed by atoms with van der Waals surface area (Å²) in [6.45, 7) is 6.50. The smallest absolute Gasteiger partial charge is 0.141 e. The molecular formula is C16H13Cl3N2S. The molecule has 0 amide bonds. The highest BCUT2D eigenvalue weighted by Crippen LogP contribution is 2.46. The van der Waals surface area contributed by atoms with E-state index in [2.05, 4.69) is 30.7 Å². The molecule has 0 atom stereocenters. The second-order valence-corrected chi connectivity index (χ2v) is 8.20. The number of hydrogen-bond donors (Lipinski definition) is 0. The van der Waals surface area contributed by atoms with Crippen molar-refractivity contribution in [2.24, 2.45) is 0 Å². The second kappa shape index (κ2) is 5.64. The molecule has 0 N–H and O–H groups in total. The van der Waals surface area contributed by atoms with Gasteiger partial charge in [-0.2, -0.15) is 0 Å². The van der Waals surface area contributed by atoms with Crippen molar-refractivity contribution in [1.29, 1.82) is 0 Å². The van der Waals surface area contributed by atoms with Gasteiger partial charge in [-0.05, 0) is 23.1 Å². The summed E-state index contributed by atoms with van der Waals surface area (Å²) in [6.07, 6.45) is 1.49. The lowest BCUT2D eigenvalue weighted by atomic mass is 9.88. The molecule has 0 aliphatic rings. The van der Waals surface area contributed by atoms with Crippen molar-refractivity contribution < 1.29 is 0 Å². The lowest BCUT2D eigenvalue weighted by Crippen LogP contribution is -2.09. The lowest BCUT2D eigenvalue weighted by Gasteiger charge is -2.19. The van der Waals surface area contributed by atoms with E-state index in [1.165, 1.54) is 11.2 Å². The van der Waals surface area contributed by atoms with Crippen molar-refractivity contribution in [2.75, 3.05) is 0 Å². The van der Waals surface area contributed by atoms with Crippen molar-refractivity contribution >= 4 is 56.4 Å². The average molecular weight is 372 g/mol. The maximum atomic E-state index is 6.34. The number of thiophene rings is 1. The van der Waals surface area contributed by atoms with Gasteiger partial charge < -0.3 is 0 Å². The predicted molar refractivity (Wildman–Crippen MR) is 96.6 cm³/mol. The van der Waals surface area contributed by atoms with Gasteiger partial charge in [0, 0.05) is 10.4 Å². The molecule has 2 nitrogen and oxygen atoms in total. The number of rotatable bonds is 1. The first-order valence-electron chi connectivity index (χ1n) is 6.68. The third kappa shape index (κ3) is 2.71. The van der Waals surface area contributed by atoms with Gasteiger partial charge >= 0.3 is 0 Å². The topological polar surface area (TPSA) is 25.8 Å². The zero-order valence-corrected chi connectivity index (χ0v) is 15.3. The lowest BCUT2D eigenvalue weighted by molar-refractivity contribution is 0.606. The monoisotopic (exact) mass is 370 g/mol. The quantitative estimate of drug-likeness (QED) is 0.449. The third-order valence-corrected chi connectivity index (χ3v) is 5.88. The van der Waals surface area contributed by atoms with E-state index in [4.69, 9.17) is 34.8 Å². The van der Waals surface area contributed by atoms with Gasteiger partial charge in [0.1, 0.15) is 16.3 Å². The normalized spacial score (nSPS) is 12.1. The molecule has 0 unspecified atom stereocenters. The van der Waals surface area contributed by atoms with Gasteiger partial charge in [0.05, 0.1) is 15.4 Å². The summed E-state index contributed by atoms with van der Waals surface area (Å²) in [5, 5.41) is 2.38. The second-order valence-electron chi connectivity index (χ2n) is 6.03. The van der Waals surface area contributed by atoms with Crippen LogP contribution in [0.15, 0.2) is 24.5 Å². The fourth-order valence-corrected chi connectivity index (χ4v) is 4.16. The Morgan fingerprint density at radius 1 is 1.00 bits per heavy atom. The van der Waals surface area contributed by atoms with E-state index in [9.17, 15) is 0 Å². The molecule has 0 fully saturated rings. The first kappa shape index (κ1) is 16.0. The fraction of sp³-hybridized carbons (Fsp3) is 0.250. The molecule has 0 saturated carbocycles. The van der Waals surface area contributed by atoms with Crippen LogP contribution in [0.3, 0.4) is 0 Å². The van der Waals surface area contributed by atoms with Crippen molar-refractivity contribution in [3.8, 4) is 11.1 Å². The zero-order chi connectivity index (χ0) is 16.1. The Kier molecular flexibility index (Phi) is 4.11. The van der Waals surface area contributed by atoms with Gasteiger partial charge in [0.15, 0.2) is 0 Å². The minimum atomic E-state index is -0.0455. The van der Waals surface area contributed by atoms with E-state index in [0.717, 1.165) is 21.3 Å². The molecule has 22 heavy (non-hydrogen) atoms. The number of benzene rings is 1. The Hall–Kier alpha value is -0.870. The van der Waals surface area contributed by atoms with E-state index in [0.29, 0.717) is 15.2 Å². The Morgan fingerprint density at radius 3 is 2.36 bits per heavy atom. The fourth-order valence-electron chi connectivity index (χ4n) is 2.35. The highest BCUT2D eigenvalue weighted by Gasteiger charge is 2.26. The van der Waals surface area contributed by atoms with Crippen molar-refractivity contribution in [1.82, 2.24) is 9.97 Å². The number of nitrogens with zero attached hydrogens (tertiary/aromatic N) is 2. The summed E-state index contributed by atoms with van der Waals surface area (Å²) in [4.78, 5) is 10.6. The largest absolute Gasteiger partial charge is 0.225 e. The summed E-state index contributed by atoms with van der Waals surface area (Å²) in [5.74, 6) is 0. The van der Waals surface area contributed by atoms with Crippen LogP contribution in [0.25, 0.3) is 21.3 Å². The molecule has 3 rings (SSSR count). The summed E-state index contributed by atoms with van der Waals surface area (Å²) in [7, 11) is 0. The van der Waals surface area contributed by atoms with Gasteiger partial charge in [-0.3, -0.25) is 0 Å². The Bertz CT molecular complexity index is 866. The standard InChI is InChI=1S/C16H13Cl3N2S/c1-16(2,3)13-11(8-4-5-9(17)10(18)6-8)12-14(19)20-7-21-15(12)22-13/h4-7H,1-3H3. The number of halogens is 3. The molecule has 0 aliphatic carbocycles. The van der Waals surface area contributed by atoms with Gasteiger partial charge in [0.25, 0.3) is 0 Å². The number of aromatic nitrogens is 2. The number of fused-ring (bicyclic) bond motifs is 1. The van der Waals surface area contributed by atoms with E-state index >= 15 is 0 Å². The minimum absolute atomic E-state index is 0.0455. The maximum absolute atomic E-state index is 6.34. The van der Waals surface area contributed by atoms with Crippen molar-refractivity contribution in [3.63, 3.8) is 0 Å². The molecule has 0 saturated heterocycles. The van der Waals surface area contributed by atoms with E-state index in [1.54, 1.807) is 17.4 Å². The third-order valence-electron chi connectivity index (χ3n) is 3.33. The molecule has 2 aromatic heterocycles. The van der Waals surface area contributed by atoms with Crippen molar-refractivity contribution in [3.05, 3.63) is 44.6 Å². The first-order valence-corrected chi connectivity index (χ1v) is 8.63. The highest BCUT2D eigenvalue weighted by atomic mass is 35.5. The van der Waals surface area contributed by atoms with Crippen LogP contribution in [0.5, 0.6) is 0 Å². The highest BCUT2D eigenvalue weighted by molar-refractivity contribution is 7.19. The predicted octanol–water partition coefficient (Wildman–Crippen LogP) is 6.62. The molecule has 0 bridgehead atoms. The molecule has 0 aliphatic heterocycles. The van der Waals surface area contributed by atoms with Gasteiger partial charge in [0.2, 0.25) is 0 Å². The molecule has 2 heterocycles. The number of hydrogen-bond acceptors (Lipinski definition) is 3. The Labute approximate surface area is 148 Å². The van der Waals surface area contributed by atoms with E-state index in [1.807, 2.05) is 12.1 Å². The minimum Gasteiger partial charge on any atom is -0.225 e. The van der Waals surface area contributed by atoms with Gasteiger partial charge in [-0.15, -0.1) is 11.3 Å². The van der Waals surface area contributed by atoms with Crippen molar-refractivity contribution in [2.45, 2.75) is 26.2 Å². The maximum Gasteiger partial charge on any atom is 0.141 e. The Morgan fingerprint density at radius 2 is 1.73 bits per heavy atom. The van der Waals surface area contributed by atoms with Crippen LogP contribution in [0, 0.1) is 0 Å². The van der Waals surface area contributed by atoms with Crippen LogP contribution in [0.2, 0.25) is 15.2 Å². The molecular weight excluding hydrogens is 359 g/mol. The van der Waals surface area contributed by atoms with E-state index < -0.39 is 0 Å². The Balaban J connectivity index is 2.42. The van der Waals surface area contributed by atoms with Crippen LogP contribution in [-0.2, 0) is 5.41 Å². The summed E-state index contributed by atoms with van der Waals surface area (Å²) < 4.78 is 0. The molecule has 0 radical (unpaired) electrons. The molecule has 3 aromatic rings. The SMILES string of the molecule is CC(C)(C)c1sc2ncnc(Cl)c2c1-c1ccc(Cl)c(Cl)c1. The molecule has 1 aromatic carbocycles. The molecule has 0 spiro atoms. The average Bonchev–Trinajstić information content (AvgIpc) is 2.83. The van der Waals surface area contributed by atoms with Crippen LogP contribution in [-0.4, -0.2) is 9.97 Å². The molecule has 114 valence electrons. The van der Waals surface area contributed by atoms with Crippen LogP contribution < -0.4 is 0 Å². The summed E-state index contributed by atoms with van der Waals surface area (Å²) in [6, 6.07) is 5.62. The van der Waals surface area contributed by atoms with E-state index in [-0.39, 0.29) is 5.41 Å². The zero-order valence-electron chi connectivity index (χ0n) is 12.2. The van der Waals surface area contributed by atoms with Gasteiger partial charge in [-0.1, -0.05) is 61.6 Å². The van der Waals surface area contributed by atoms with Crippen LogP contribution in [0.1, 0.15) is 25.6 Å². The summed E-state index contributed by atoms with van der Waals surface area (Å²) in [5.41, 5.74) is 1.97. The van der Waals surface area contributed by atoms with Gasteiger partial charge in [-0.25, -0.2) is 9.97 Å².